The SMILES string of the molecule is CC(C)c1noc(NC(C)C(O)Cc2ccccc2)n1. The molecule has 2 aromatic rings. The van der Waals surface area contributed by atoms with Crippen molar-refractivity contribution < 1.29 is 9.63 Å². The van der Waals surface area contributed by atoms with E-state index in [0.717, 1.165) is 5.56 Å². The van der Waals surface area contributed by atoms with Crippen molar-refractivity contribution in [2.24, 2.45) is 0 Å². The van der Waals surface area contributed by atoms with Crippen molar-refractivity contribution >= 4 is 6.01 Å². The molecule has 2 N–H and O–H groups in total. The zero-order chi connectivity index (χ0) is 14.5. The summed E-state index contributed by atoms with van der Waals surface area (Å²) in [6.07, 6.45) is 0.0620. The predicted octanol–water partition coefficient (Wildman–Crippen LogP) is 2.60. The lowest BCUT2D eigenvalue weighted by Crippen LogP contribution is -2.32. The molecule has 2 atom stereocenters. The van der Waals surface area contributed by atoms with Crippen molar-refractivity contribution in [1.29, 1.82) is 0 Å². The summed E-state index contributed by atoms with van der Waals surface area (Å²) in [5.41, 5.74) is 1.10. The van der Waals surface area contributed by atoms with Crippen LogP contribution in [0, 0.1) is 0 Å². The first-order valence-electron chi connectivity index (χ1n) is 6.88. The van der Waals surface area contributed by atoms with E-state index in [2.05, 4.69) is 15.5 Å². The highest BCUT2D eigenvalue weighted by molar-refractivity contribution is 5.23. The van der Waals surface area contributed by atoms with Gasteiger partial charge in [0.1, 0.15) is 0 Å². The molecule has 0 saturated carbocycles. The molecule has 0 aliphatic carbocycles. The van der Waals surface area contributed by atoms with E-state index in [1.165, 1.54) is 0 Å². The van der Waals surface area contributed by atoms with Crippen molar-refractivity contribution in [2.45, 2.75) is 45.3 Å². The predicted molar refractivity (Wildman–Crippen MR) is 77.6 cm³/mol. The Kier molecular flexibility index (Phi) is 4.74. The third-order valence-electron chi connectivity index (χ3n) is 3.17. The number of hydrogen-bond acceptors (Lipinski definition) is 5. The van der Waals surface area contributed by atoms with Crippen LogP contribution in [0.25, 0.3) is 0 Å². The molecule has 1 heterocycles. The minimum Gasteiger partial charge on any atom is -0.391 e. The Morgan fingerprint density at radius 2 is 1.90 bits per heavy atom. The molecule has 0 radical (unpaired) electrons. The second kappa shape index (κ2) is 6.52. The van der Waals surface area contributed by atoms with E-state index in [4.69, 9.17) is 4.52 Å². The Morgan fingerprint density at radius 1 is 1.20 bits per heavy atom. The number of aliphatic hydroxyl groups excluding tert-OH is 1. The molecule has 2 unspecified atom stereocenters. The largest absolute Gasteiger partial charge is 0.391 e. The number of benzene rings is 1. The van der Waals surface area contributed by atoms with Crippen LogP contribution in [-0.2, 0) is 6.42 Å². The lowest BCUT2D eigenvalue weighted by atomic mass is 10.0. The molecule has 0 aliphatic heterocycles. The average molecular weight is 275 g/mol. The van der Waals surface area contributed by atoms with Crippen LogP contribution in [0.5, 0.6) is 0 Å². The third-order valence-corrected chi connectivity index (χ3v) is 3.17. The number of nitrogens with one attached hydrogen (secondary N) is 1. The second-order valence-electron chi connectivity index (χ2n) is 5.30. The standard InChI is InChI=1S/C15H21N3O2/c1-10(2)14-17-15(20-18-14)16-11(3)13(19)9-12-7-5-4-6-8-12/h4-8,10-11,13,19H,9H2,1-3H3,(H,16,17,18). The van der Waals surface area contributed by atoms with E-state index in [9.17, 15) is 5.11 Å². The molecular weight excluding hydrogens is 254 g/mol. The van der Waals surface area contributed by atoms with Gasteiger partial charge in [-0.2, -0.15) is 4.98 Å². The van der Waals surface area contributed by atoms with Gasteiger partial charge >= 0.3 is 6.01 Å². The fourth-order valence-electron chi connectivity index (χ4n) is 1.85. The zero-order valence-corrected chi connectivity index (χ0v) is 12.1. The van der Waals surface area contributed by atoms with Crippen LogP contribution in [0.1, 0.15) is 38.1 Å². The van der Waals surface area contributed by atoms with Crippen molar-refractivity contribution in [3.05, 3.63) is 41.7 Å². The molecular formula is C15H21N3O2. The number of hydrogen-bond donors (Lipinski definition) is 2. The van der Waals surface area contributed by atoms with Gasteiger partial charge < -0.3 is 14.9 Å². The van der Waals surface area contributed by atoms with Gasteiger partial charge in [-0.25, -0.2) is 0 Å². The summed E-state index contributed by atoms with van der Waals surface area (Å²) < 4.78 is 5.11. The first-order chi connectivity index (χ1) is 9.56. The summed E-state index contributed by atoms with van der Waals surface area (Å²) in [7, 11) is 0. The maximum absolute atomic E-state index is 10.2. The number of aromatic nitrogens is 2. The number of rotatable bonds is 6. The van der Waals surface area contributed by atoms with Gasteiger partial charge in [0.05, 0.1) is 12.1 Å². The molecule has 0 fully saturated rings. The zero-order valence-electron chi connectivity index (χ0n) is 12.1. The quantitative estimate of drug-likeness (QED) is 0.848. The fourth-order valence-corrected chi connectivity index (χ4v) is 1.85. The minimum atomic E-state index is -0.521. The molecule has 0 aliphatic rings. The van der Waals surface area contributed by atoms with Crippen molar-refractivity contribution in [3.63, 3.8) is 0 Å². The van der Waals surface area contributed by atoms with Gasteiger partial charge in [-0.15, -0.1) is 0 Å². The van der Waals surface area contributed by atoms with Crippen LogP contribution in [0.3, 0.4) is 0 Å². The van der Waals surface area contributed by atoms with Gasteiger partial charge in [0.25, 0.3) is 0 Å². The minimum absolute atomic E-state index is 0.171. The topological polar surface area (TPSA) is 71.2 Å². The normalized spacial score (nSPS) is 14.2. The Morgan fingerprint density at radius 3 is 2.50 bits per heavy atom. The van der Waals surface area contributed by atoms with E-state index < -0.39 is 6.10 Å². The summed E-state index contributed by atoms with van der Waals surface area (Å²) in [6, 6.07) is 10.1. The highest BCUT2D eigenvalue weighted by Gasteiger charge is 2.18. The Hall–Kier alpha value is -1.88. The van der Waals surface area contributed by atoms with E-state index in [-0.39, 0.29) is 12.0 Å². The second-order valence-corrected chi connectivity index (χ2v) is 5.30. The molecule has 108 valence electrons. The van der Waals surface area contributed by atoms with Gasteiger partial charge in [-0.1, -0.05) is 49.3 Å². The first-order valence-corrected chi connectivity index (χ1v) is 6.88. The Bertz CT molecular complexity index is 525. The van der Waals surface area contributed by atoms with E-state index in [0.29, 0.717) is 18.3 Å². The monoisotopic (exact) mass is 275 g/mol. The van der Waals surface area contributed by atoms with E-state index in [1.54, 1.807) is 0 Å². The summed E-state index contributed by atoms with van der Waals surface area (Å²) in [5.74, 6) is 0.885. The Balaban J connectivity index is 1.91. The maximum Gasteiger partial charge on any atom is 0.321 e. The molecule has 1 aromatic carbocycles. The van der Waals surface area contributed by atoms with Crippen LogP contribution in [0.15, 0.2) is 34.9 Å². The van der Waals surface area contributed by atoms with Crippen molar-refractivity contribution in [2.75, 3.05) is 5.32 Å². The lowest BCUT2D eigenvalue weighted by molar-refractivity contribution is 0.157. The highest BCUT2D eigenvalue weighted by Crippen LogP contribution is 2.15. The van der Waals surface area contributed by atoms with Crippen LogP contribution in [-0.4, -0.2) is 27.4 Å². The van der Waals surface area contributed by atoms with Gasteiger partial charge in [0.15, 0.2) is 5.82 Å². The van der Waals surface area contributed by atoms with Crippen LogP contribution in [0.2, 0.25) is 0 Å². The van der Waals surface area contributed by atoms with Gasteiger partial charge in [0, 0.05) is 12.3 Å². The molecule has 0 saturated heterocycles. The van der Waals surface area contributed by atoms with Gasteiger partial charge in [0.2, 0.25) is 0 Å². The number of aliphatic hydroxyl groups is 1. The summed E-state index contributed by atoms with van der Waals surface area (Å²) in [4.78, 5) is 4.24. The fraction of sp³-hybridized carbons (Fsp3) is 0.467. The molecule has 1 aromatic heterocycles. The summed E-state index contributed by atoms with van der Waals surface area (Å²) in [5, 5.41) is 17.1. The molecule has 0 spiro atoms. The number of nitrogens with zero attached hydrogens (tertiary/aromatic N) is 2. The molecule has 5 heteroatoms. The third kappa shape index (κ3) is 3.81. The molecule has 0 bridgehead atoms. The molecule has 0 amide bonds. The molecule has 2 rings (SSSR count). The molecule has 5 nitrogen and oxygen atoms in total. The van der Waals surface area contributed by atoms with Crippen LogP contribution in [0.4, 0.5) is 6.01 Å². The highest BCUT2D eigenvalue weighted by atomic mass is 16.5. The summed E-state index contributed by atoms with van der Waals surface area (Å²) in [6.45, 7) is 5.90. The summed E-state index contributed by atoms with van der Waals surface area (Å²) >= 11 is 0. The first kappa shape index (κ1) is 14.5. The van der Waals surface area contributed by atoms with Crippen molar-refractivity contribution in [1.82, 2.24) is 10.1 Å². The Labute approximate surface area is 119 Å². The molecule has 20 heavy (non-hydrogen) atoms. The maximum atomic E-state index is 10.2. The lowest BCUT2D eigenvalue weighted by Gasteiger charge is -2.18. The van der Waals surface area contributed by atoms with Crippen LogP contribution >= 0.6 is 0 Å². The van der Waals surface area contributed by atoms with E-state index in [1.807, 2.05) is 51.1 Å². The van der Waals surface area contributed by atoms with Gasteiger partial charge in [-0.3, -0.25) is 0 Å². The van der Waals surface area contributed by atoms with Crippen molar-refractivity contribution in [3.8, 4) is 0 Å². The average Bonchev–Trinajstić information content (AvgIpc) is 2.88. The van der Waals surface area contributed by atoms with Crippen LogP contribution < -0.4 is 5.32 Å². The number of anilines is 1. The smallest absolute Gasteiger partial charge is 0.321 e. The van der Waals surface area contributed by atoms with Gasteiger partial charge in [-0.05, 0) is 12.5 Å². The van der Waals surface area contributed by atoms with E-state index >= 15 is 0 Å².